The number of hydrazine groups is 1. The molecule has 0 bridgehead atoms. The lowest BCUT2D eigenvalue weighted by Crippen LogP contribution is -2.48. The Hall–Kier alpha value is -3.63. The average Bonchev–Trinajstić information content (AvgIpc) is 3.18. The zero-order valence-electron chi connectivity index (χ0n) is 16.8. The highest BCUT2D eigenvalue weighted by molar-refractivity contribution is 9.10. The molecule has 32 heavy (non-hydrogen) atoms. The van der Waals surface area contributed by atoms with E-state index in [1.165, 1.54) is 15.6 Å². The van der Waals surface area contributed by atoms with Crippen LogP contribution in [0.3, 0.4) is 0 Å². The molecule has 2 aromatic carbocycles. The van der Waals surface area contributed by atoms with Crippen LogP contribution in [0.15, 0.2) is 82.2 Å². The van der Waals surface area contributed by atoms with E-state index in [1.54, 1.807) is 66.9 Å². The standard InChI is InChI=1S/C22H20BrN5O4/c23-15-4-6-16(7-5-15)24-21(31)27-13-19(29)14-28(27)22(32)25-17-8-10-18(11-9-17)26-12-2-1-3-20(26)30/h1-12,19,29H,13-14H2,(H,24,31)(H,25,32). The Labute approximate surface area is 192 Å². The number of urea groups is 2. The van der Waals surface area contributed by atoms with Crippen molar-refractivity contribution >= 4 is 39.4 Å². The summed E-state index contributed by atoms with van der Waals surface area (Å²) in [5, 5.41) is 17.8. The first-order valence-electron chi connectivity index (χ1n) is 9.79. The van der Waals surface area contributed by atoms with Crippen molar-refractivity contribution in [2.45, 2.75) is 6.10 Å². The van der Waals surface area contributed by atoms with E-state index in [9.17, 15) is 19.5 Å². The summed E-state index contributed by atoms with van der Waals surface area (Å²) in [5.74, 6) is 0. The Kier molecular flexibility index (Phi) is 6.24. The number of benzene rings is 2. The average molecular weight is 498 g/mol. The number of aromatic nitrogens is 1. The largest absolute Gasteiger partial charge is 0.389 e. The van der Waals surface area contributed by atoms with Crippen LogP contribution < -0.4 is 16.2 Å². The molecule has 3 N–H and O–H groups in total. The third-order valence-corrected chi connectivity index (χ3v) is 5.37. The van der Waals surface area contributed by atoms with E-state index in [0.29, 0.717) is 17.1 Å². The molecule has 164 valence electrons. The lowest BCUT2D eigenvalue weighted by atomic mass is 10.2. The number of nitrogens with one attached hydrogen (secondary N) is 2. The number of anilines is 2. The monoisotopic (exact) mass is 497 g/mol. The molecule has 1 atom stereocenters. The minimum Gasteiger partial charge on any atom is -0.389 e. The summed E-state index contributed by atoms with van der Waals surface area (Å²) in [6, 6.07) is 17.5. The van der Waals surface area contributed by atoms with Gasteiger partial charge in [0.1, 0.15) is 0 Å². The van der Waals surface area contributed by atoms with Crippen LogP contribution >= 0.6 is 15.9 Å². The number of carbonyl (C=O) groups is 2. The molecule has 2 heterocycles. The van der Waals surface area contributed by atoms with Gasteiger partial charge in [0, 0.05) is 33.8 Å². The molecule has 0 radical (unpaired) electrons. The van der Waals surface area contributed by atoms with Gasteiger partial charge in [0.2, 0.25) is 0 Å². The second-order valence-electron chi connectivity index (χ2n) is 7.14. The van der Waals surface area contributed by atoms with Gasteiger partial charge in [-0.1, -0.05) is 22.0 Å². The molecule has 1 fully saturated rings. The number of carbonyl (C=O) groups excluding carboxylic acids is 2. The van der Waals surface area contributed by atoms with Crippen LogP contribution in [0.1, 0.15) is 0 Å². The maximum absolute atomic E-state index is 12.8. The Balaban J connectivity index is 1.44. The van der Waals surface area contributed by atoms with Crippen molar-refractivity contribution in [2.24, 2.45) is 0 Å². The second kappa shape index (κ2) is 9.25. The van der Waals surface area contributed by atoms with Crippen molar-refractivity contribution in [2.75, 3.05) is 23.7 Å². The summed E-state index contributed by atoms with van der Waals surface area (Å²) in [6.07, 6.45) is 0.799. The van der Waals surface area contributed by atoms with Gasteiger partial charge in [0.05, 0.1) is 19.2 Å². The smallest absolute Gasteiger partial charge is 0.340 e. The Morgan fingerprint density at radius 1 is 0.844 bits per heavy atom. The van der Waals surface area contributed by atoms with Crippen molar-refractivity contribution in [1.82, 2.24) is 14.6 Å². The van der Waals surface area contributed by atoms with Crippen LogP contribution in [-0.4, -0.2) is 50.9 Å². The highest BCUT2D eigenvalue weighted by Crippen LogP contribution is 2.19. The number of amides is 4. The lowest BCUT2D eigenvalue weighted by molar-refractivity contribution is 0.103. The van der Waals surface area contributed by atoms with Gasteiger partial charge in [-0.3, -0.25) is 9.36 Å². The fourth-order valence-corrected chi connectivity index (χ4v) is 3.56. The van der Waals surface area contributed by atoms with Crippen molar-refractivity contribution in [3.05, 3.63) is 87.8 Å². The van der Waals surface area contributed by atoms with Crippen LogP contribution in [0, 0.1) is 0 Å². The number of β-amino-alcohol motifs (C(OH)–C–C–N with tert-alkyl or cyclic N) is 1. The van der Waals surface area contributed by atoms with Crippen LogP contribution in [0.25, 0.3) is 5.69 Å². The van der Waals surface area contributed by atoms with Crippen LogP contribution in [-0.2, 0) is 0 Å². The molecule has 1 saturated heterocycles. The van der Waals surface area contributed by atoms with Crippen molar-refractivity contribution < 1.29 is 14.7 Å². The highest BCUT2D eigenvalue weighted by Gasteiger charge is 2.36. The van der Waals surface area contributed by atoms with Crippen LogP contribution in [0.2, 0.25) is 0 Å². The molecule has 0 saturated carbocycles. The Bertz CT molecular complexity index is 1180. The quantitative estimate of drug-likeness (QED) is 0.516. The third-order valence-electron chi connectivity index (χ3n) is 4.84. The van der Waals surface area contributed by atoms with E-state index in [1.807, 2.05) is 0 Å². The predicted octanol–water partition coefficient (Wildman–Crippen LogP) is 3.26. The molecular formula is C22H20BrN5O4. The molecular weight excluding hydrogens is 478 g/mol. The van der Waals surface area contributed by atoms with E-state index in [4.69, 9.17) is 0 Å². The van der Waals surface area contributed by atoms with Gasteiger partial charge in [0.25, 0.3) is 5.56 Å². The maximum atomic E-state index is 12.8. The molecule has 4 amide bonds. The maximum Gasteiger partial charge on any atom is 0.340 e. The molecule has 1 unspecified atom stereocenters. The molecule has 1 aliphatic heterocycles. The summed E-state index contributed by atoms with van der Waals surface area (Å²) in [7, 11) is 0. The molecule has 4 rings (SSSR count). The predicted molar refractivity (Wildman–Crippen MR) is 124 cm³/mol. The molecule has 1 aliphatic rings. The fourth-order valence-electron chi connectivity index (χ4n) is 3.29. The van der Waals surface area contributed by atoms with Crippen LogP contribution in [0.5, 0.6) is 0 Å². The minimum atomic E-state index is -0.858. The van der Waals surface area contributed by atoms with Crippen molar-refractivity contribution in [1.29, 1.82) is 0 Å². The van der Waals surface area contributed by atoms with Crippen molar-refractivity contribution in [3.8, 4) is 5.69 Å². The van der Waals surface area contributed by atoms with Crippen LogP contribution in [0.4, 0.5) is 21.0 Å². The van der Waals surface area contributed by atoms with Gasteiger partial charge >= 0.3 is 12.1 Å². The third kappa shape index (κ3) is 4.82. The van der Waals surface area contributed by atoms with Gasteiger partial charge in [-0.15, -0.1) is 0 Å². The Morgan fingerprint density at radius 3 is 1.91 bits per heavy atom. The zero-order chi connectivity index (χ0) is 22.7. The van der Waals surface area contributed by atoms with E-state index < -0.39 is 18.2 Å². The first-order valence-corrected chi connectivity index (χ1v) is 10.6. The number of hydrogen-bond acceptors (Lipinski definition) is 4. The molecule has 0 aliphatic carbocycles. The van der Waals surface area contributed by atoms with E-state index in [2.05, 4.69) is 26.6 Å². The van der Waals surface area contributed by atoms with Gasteiger partial charge in [-0.2, -0.15) is 0 Å². The van der Waals surface area contributed by atoms with E-state index in [-0.39, 0.29) is 18.6 Å². The normalized spacial score (nSPS) is 15.5. The van der Waals surface area contributed by atoms with Gasteiger partial charge in [-0.05, 0) is 54.6 Å². The number of pyridine rings is 1. The lowest BCUT2D eigenvalue weighted by Gasteiger charge is -2.27. The number of halogens is 1. The Morgan fingerprint density at radius 2 is 1.38 bits per heavy atom. The molecule has 9 nitrogen and oxygen atoms in total. The summed E-state index contributed by atoms with van der Waals surface area (Å²) in [5.41, 5.74) is 1.53. The number of nitrogens with zero attached hydrogens (tertiary/aromatic N) is 3. The molecule has 10 heteroatoms. The minimum absolute atomic E-state index is 0.00829. The second-order valence-corrected chi connectivity index (χ2v) is 8.06. The summed E-state index contributed by atoms with van der Waals surface area (Å²) in [6.45, 7) is -0.0251. The number of rotatable bonds is 3. The highest BCUT2D eigenvalue weighted by atomic mass is 79.9. The molecule has 0 spiro atoms. The number of aliphatic hydroxyl groups is 1. The first-order chi connectivity index (χ1) is 15.4. The van der Waals surface area contributed by atoms with Gasteiger partial charge in [0.15, 0.2) is 0 Å². The summed E-state index contributed by atoms with van der Waals surface area (Å²) >= 11 is 3.33. The van der Waals surface area contributed by atoms with Gasteiger partial charge < -0.3 is 15.7 Å². The fraction of sp³-hybridized carbons (Fsp3) is 0.136. The first kappa shape index (κ1) is 21.6. The molecule has 1 aromatic heterocycles. The number of hydrogen-bond donors (Lipinski definition) is 3. The summed E-state index contributed by atoms with van der Waals surface area (Å²) < 4.78 is 2.35. The number of aliphatic hydroxyl groups excluding tert-OH is 1. The molecule has 3 aromatic rings. The van der Waals surface area contributed by atoms with Gasteiger partial charge in [-0.25, -0.2) is 19.6 Å². The van der Waals surface area contributed by atoms with E-state index in [0.717, 1.165) is 9.48 Å². The SMILES string of the molecule is O=C(Nc1ccc(Br)cc1)N1CC(O)CN1C(=O)Nc1ccc(-n2ccccc2=O)cc1. The topological polar surface area (TPSA) is 107 Å². The van der Waals surface area contributed by atoms with E-state index >= 15 is 0 Å². The zero-order valence-corrected chi connectivity index (χ0v) is 18.4. The van der Waals surface area contributed by atoms with Crippen molar-refractivity contribution in [3.63, 3.8) is 0 Å². The summed E-state index contributed by atoms with van der Waals surface area (Å²) in [4.78, 5) is 37.4.